The molecule has 0 bridgehead atoms. The molecule has 7 nitrogen and oxygen atoms in total. The van der Waals surface area contributed by atoms with E-state index in [-0.39, 0.29) is 25.4 Å². The van der Waals surface area contributed by atoms with Gasteiger partial charge >= 0.3 is 16.3 Å². The third-order valence-electron chi connectivity index (χ3n) is 1.94. The van der Waals surface area contributed by atoms with Gasteiger partial charge in [-0.15, -0.1) is 0 Å². The average Bonchev–Trinajstić information content (AvgIpc) is 2.21. The highest BCUT2D eigenvalue weighted by Crippen LogP contribution is 2.06. The molecular formula is C11H21N3O4S. The molecule has 0 rings (SSSR count). The van der Waals surface area contributed by atoms with E-state index < -0.39 is 22.4 Å². The monoisotopic (exact) mass is 291 g/mol. The van der Waals surface area contributed by atoms with Crippen molar-refractivity contribution in [3.8, 4) is 6.07 Å². The third kappa shape index (κ3) is 7.64. The van der Waals surface area contributed by atoms with Gasteiger partial charge in [0.1, 0.15) is 0 Å². The second-order valence-corrected chi connectivity index (χ2v) is 6.39. The predicted octanol–water partition coefficient (Wildman–Crippen LogP) is 1.24. The van der Waals surface area contributed by atoms with Crippen LogP contribution < -0.4 is 4.72 Å². The van der Waals surface area contributed by atoms with Gasteiger partial charge in [0.2, 0.25) is 0 Å². The van der Waals surface area contributed by atoms with Gasteiger partial charge in [-0.3, -0.25) is 0 Å². The Morgan fingerprint density at radius 3 is 2.37 bits per heavy atom. The number of nitrogens with one attached hydrogen (secondary N) is 1. The molecule has 0 aromatic heterocycles. The number of ether oxygens (including phenoxy) is 1. The van der Waals surface area contributed by atoms with Crippen molar-refractivity contribution in [1.29, 1.82) is 5.26 Å². The highest BCUT2D eigenvalue weighted by Gasteiger charge is 2.25. The van der Waals surface area contributed by atoms with E-state index in [0.29, 0.717) is 0 Å². The zero-order valence-electron chi connectivity index (χ0n) is 11.7. The van der Waals surface area contributed by atoms with Crippen molar-refractivity contribution in [2.45, 2.75) is 40.2 Å². The summed E-state index contributed by atoms with van der Waals surface area (Å²) in [6, 6.07) is 1.88. The highest BCUT2D eigenvalue weighted by atomic mass is 32.2. The summed E-state index contributed by atoms with van der Waals surface area (Å²) in [6.07, 6.45) is -1.36. The standard InChI is InChI=1S/C11H21N3O4S/c1-9(2)8-14(7-5-6-12)19(16,17)13-11(15)18-10(3)4/h9-10H,5,7-8H2,1-4H3,(H,13,15). The number of carbonyl (C=O) groups is 1. The normalized spacial score (nSPS) is 11.7. The van der Waals surface area contributed by atoms with Crippen LogP contribution in [-0.4, -0.2) is 38.0 Å². The molecule has 0 aliphatic carbocycles. The van der Waals surface area contributed by atoms with Crippen LogP contribution in [-0.2, 0) is 14.9 Å². The fourth-order valence-corrected chi connectivity index (χ4v) is 2.51. The first-order chi connectivity index (χ1) is 8.69. The second-order valence-electron chi connectivity index (χ2n) is 4.72. The molecule has 1 N–H and O–H groups in total. The summed E-state index contributed by atoms with van der Waals surface area (Å²) in [5, 5.41) is 8.53. The highest BCUT2D eigenvalue weighted by molar-refractivity contribution is 7.87. The lowest BCUT2D eigenvalue weighted by atomic mass is 10.2. The first-order valence-electron chi connectivity index (χ1n) is 6.04. The molecule has 0 fully saturated rings. The van der Waals surface area contributed by atoms with Gasteiger partial charge in [0, 0.05) is 19.5 Å². The molecule has 0 aromatic carbocycles. The number of hydrogen-bond acceptors (Lipinski definition) is 5. The average molecular weight is 291 g/mol. The van der Waals surface area contributed by atoms with Crippen molar-refractivity contribution in [1.82, 2.24) is 9.03 Å². The zero-order chi connectivity index (χ0) is 15.1. The van der Waals surface area contributed by atoms with Gasteiger partial charge in [0.05, 0.1) is 12.2 Å². The molecule has 110 valence electrons. The molecule has 0 saturated heterocycles. The third-order valence-corrected chi connectivity index (χ3v) is 3.37. The Balaban J connectivity index is 4.78. The van der Waals surface area contributed by atoms with Crippen molar-refractivity contribution < 1.29 is 17.9 Å². The Labute approximate surface area is 114 Å². The lowest BCUT2D eigenvalue weighted by molar-refractivity contribution is 0.121. The predicted molar refractivity (Wildman–Crippen MR) is 70.3 cm³/mol. The van der Waals surface area contributed by atoms with E-state index in [1.165, 1.54) is 0 Å². The Kier molecular flexibility index (Phi) is 7.41. The van der Waals surface area contributed by atoms with Crippen molar-refractivity contribution >= 4 is 16.3 Å². The first-order valence-corrected chi connectivity index (χ1v) is 7.48. The molecule has 0 heterocycles. The Morgan fingerprint density at radius 1 is 1.37 bits per heavy atom. The maximum Gasteiger partial charge on any atom is 0.422 e. The van der Waals surface area contributed by atoms with Crippen molar-refractivity contribution in [3.05, 3.63) is 0 Å². The Morgan fingerprint density at radius 2 is 1.95 bits per heavy atom. The van der Waals surface area contributed by atoms with E-state index >= 15 is 0 Å². The molecule has 0 radical (unpaired) electrons. The van der Waals surface area contributed by atoms with Gasteiger partial charge in [-0.25, -0.2) is 9.52 Å². The van der Waals surface area contributed by atoms with Crippen molar-refractivity contribution in [3.63, 3.8) is 0 Å². The van der Waals surface area contributed by atoms with Crippen LogP contribution in [0.25, 0.3) is 0 Å². The minimum absolute atomic E-state index is 0.0406. The molecule has 0 atom stereocenters. The molecule has 19 heavy (non-hydrogen) atoms. The molecule has 0 unspecified atom stereocenters. The summed E-state index contributed by atoms with van der Waals surface area (Å²) >= 11 is 0. The second kappa shape index (κ2) is 7.96. The van der Waals surface area contributed by atoms with Gasteiger partial charge in [0.15, 0.2) is 0 Å². The topological polar surface area (TPSA) is 99.5 Å². The number of amides is 1. The van der Waals surface area contributed by atoms with Crippen LogP contribution in [0.5, 0.6) is 0 Å². The number of hydrogen-bond donors (Lipinski definition) is 1. The zero-order valence-corrected chi connectivity index (χ0v) is 12.5. The molecule has 0 aliphatic rings. The summed E-state index contributed by atoms with van der Waals surface area (Å²) in [6.45, 7) is 7.20. The van der Waals surface area contributed by atoms with Gasteiger partial charge in [0.25, 0.3) is 0 Å². The molecule has 1 amide bonds. The summed E-state index contributed by atoms with van der Waals surface area (Å²) in [7, 11) is -3.98. The quantitative estimate of drug-likeness (QED) is 0.760. The van der Waals surface area contributed by atoms with Crippen LogP contribution in [0.2, 0.25) is 0 Å². The van der Waals surface area contributed by atoms with Crippen LogP contribution in [0, 0.1) is 17.2 Å². The van der Waals surface area contributed by atoms with Crippen molar-refractivity contribution in [2.75, 3.05) is 13.1 Å². The van der Waals surface area contributed by atoms with E-state index in [4.69, 9.17) is 10.00 Å². The smallest absolute Gasteiger partial charge is 0.422 e. The van der Waals surface area contributed by atoms with Crippen LogP contribution >= 0.6 is 0 Å². The lowest BCUT2D eigenvalue weighted by Crippen LogP contribution is -2.45. The van der Waals surface area contributed by atoms with Gasteiger partial charge < -0.3 is 4.74 Å². The minimum Gasteiger partial charge on any atom is -0.446 e. The molecule has 8 heteroatoms. The van der Waals surface area contributed by atoms with E-state index in [2.05, 4.69) is 0 Å². The fourth-order valence-electron chi connectivity index (χ4n) is 1.30. The van der Waals surface area contributed by atoms with Crippen LogP contribution in [0.1, 0.15) is 34.1 Å². The Hall–Kier alpha value is -1.33. The molecule has 0 aliphatic heterocycles. The number of nitrogens with zero attached hydrogens (tertiary/aromatic N) is 2. The van der Waals surface area contributed by atoms with E-state index in [1.54, 1.807) is 13.8 Å². The van der Waals surface area contributed by atoms with E-state index in [0.717, 1.165) is 4.31 Å². The fraction of sp³-hybridized carbons (Fsp3) is 0.818. The van der Waals surface area contributed by atoms with Crippen LogP contribution in [0.3, 0.4) is 0 Å². The largest absolute Gasteiger partial charge is 0.446 e. The summed E-state index contributed by atoms with van der Waals surface area (Å²) in [4.78, 5) is 11.3. The van der Waals surface area contributed by atoms with Crippen LogP contribution in [0.15, 0.2) is 0 Å². The van der Waals surface area contributed by atoms with Crippen molar-refractivity contribution in [2.24, 2.45) is 5.92 Å². The van der Waals surface area contributed by atoms with E-state index in [9.17, 15) is 13.2 Å². The Bertz CT molecular complexity index is 426. The maximum atomic E-state index is 12.0. The SMILES string of the molecule is CC(C)CN(CCC#N)S(=O)(=O)NC(=O)OC(C)C. The molecule has 0 saturated carbocycles. The lowest BCUT2D eigenvalue weighted by Gasteiger charge is -2.23. The van der Waals surface area contributed by atoms with Gasteiger partial charge in [-0.2, -0.15) is 18.0 Å². The minimum atomic E-state index is -3.98. The number of nitriles is 1. The van der Waals surface area contributed by atoms with Gasteiger partial charge in [-0.05, 0) is 19.8 Å². The maximum absolute atomic E-state index is 12.0. The molecule has 0 spiro atoms. The first kappa shape index (κ1) is 17.7. The summed E-state index contributed by atoms with van der Waals surface area (Å²) in [5.74, 6) is 0.0800. The number of carbonyl (C=O) groups excluding carboxylic acids is 1. The van der Waals surface area contributed by atoms with Gasteiger partial charge in [-0.1, -0.05) is 13.8 Å². The van der Waals surface area contributed by atoms with E-state index in [1.807, 2.05) is 24.6 Å². The summed E-state index contributed by atoms with van der Waals surface area (Å²) < 4.78 is 31.6. The summed E-state index contributed by atoms with van der Waals surface area (Å²) in [5.41, 5.74) is 0. The molecular weight excluding hydrogens is 270 g/mol. The molecule has 0 aromatic rings. The number of rotatable bonds is 7. The van der Waals surface area contributed by atoms with Crippen LogP contribution in [0.4, 0.5) is 4.79 Å².